The van der Waals surface area contributed by atoms with Crippen molar-refractivity contribution >= 4 is 5.91 Å². The summed E-state index contributed by atoms with van der Waals surface area (Å²) >= 11 is 0. The Morgan fingerprint density at radius 1 is 1.35 bits per heavy atom. The van der Waals surface area contributed by atoms with Crippen LogP contribution in [0.15, 0.2) is 0 Å². The largest absolute Gasteiger partial charge is 0.388 e. The number of likely N-dealkylation sites (N-methyl/N-ethyl adjacent to an activating group) is 1. The Morgan fingerprint density at radius 3 is 2.41 bits per heavy atom. The lowest BCUT2D eigenvalue weighted by Crippen LogP contribution is -2.49. The van der Waals surface area contributed by atoms with Gasteiger partial charge in [-0.15, -0.1) is 0 Å². The number of ether oxygens (including phenoxy) is 1. The van der Waals surface area contributed by atoms with E-state index in [0.29, 0.717) is 39.1 Å². The predicted octanol–water partition coefficient (Wildman–Crippen LogP) is -0.275. The molecule has 5 heteroatoms. The number of nitrogens with two attached hydrogens (primary N) is 1. The van der Waals surface area contributed by atoms with Crippen LogP contribution in [-0.4, -0.2) is 54.9 Å². The first kappa shape index (κ1) is 12.8. The van der Waals surface area contributed by atoms with Gasteiger partial charge < -0.3 is 20.5 Å². The van der Waals surface area contributed by atoms with Gasteiger partial charge in [-0.05, 0) is 12.8 Å². The Kier molecular flexibility index (Phi) is 3.43. The molecule has 1 saturated heterocycles. The van der Waals surface area contributed by atoms with Crippen molar-refractivity contribution in [1.82, 2.24) is 4.90 Å². The van der Waals surface area contributed by atoms with Gasteiger partial charge in [-0.2, -0.15) is 0 Å². The Labute approximate surface area is 102 Å². The summed E-state index contributed by atoms with van der Waals surface area (Å²) in [5.74, 6) is 0.0833. The van der Waals surface area contributed by atoms with Crippen molar-refractivity contribution in [3.63, 3.8) is 0 Å². The zero-order valence-electron chi connectivity index (χ0n) is 10.4. The second-order valence-corrected chi connectivity index (χ2v) is 5.48. The highest BCUT2D eigenvalue weighted by atomic mass is 16.5. The van der Waals surface area contributed by atoms with Gasteiger partial charge in [0.25, 0.3) is 0 Å². The summed E-state index contributed by atoms with van der Waals surface area (Å²) in [6, 6.07) is 0. The molecule has 0 aromatic heterocycles. The van der Waals surface area contributed by atoms with Gasteiger partial charge >= 0.3 is 0 Å². The lowest BCUT2D eigenvalue weighted by atomic mass is 9.93. The number of aliphatic hydroxyl groups is 1. The zero-order valence-corrected chi connectivity index (χ0v) is 10.4. The van der Waals surface area contributed by atoms with Gasteiger partial charge in [0.2, 0.25) is 5.91 Å². The van der Waals surface area contributed by atoms with Crippen LogP contribution < -0.4 is 5.73 Å². The maximum Gasteiger partial charge on any atom is 0.229 e. The van der Waals surface area contributed by atoms with Crippen LogP contribution in [0, 0.1) is 5.41 Å². The molecular weight excluding hydrogens is 220 g/mol. The third-order valence-corrected chi connectivity index (χ3v) is 4.00. The molecule has 2 fully saturated rings. The first-order chi connectivity index (χ1) is 8.01. The topological polar surface area (TPSA) is 75.8 Å². The molecule has 1 aliphatic heterocycles. The fraction of sp³-hybridized carbons (Fsp3) is 0.917. The molecule has 0 unspecified atom stereocenters. The van der Waals surface area contributed by atoms with E-state index >= 15 is 0 Å². The maximum absolute atomic E-state index is 12.2. The highest BCUT2D eigenvalue weighted by Crippen LogP contribution is 2.46. The second kappa shape index (κ2) is 4.55. The number of carbonyl (C=O) groups excluding carboxylic acids is 1. The number of nitrogens with zero attached hydrogens (tertiary/aromatic N) is 1. The van der Waals surface area contributed by atoms with Crippen LogP contribution in [0.5, 0.6) is 0 Å². The van der Waals surface area contributed by atoms with Crippen LogP contribution >= 0.6 is 0 Å². The van der Waals surface area contributed by atoms with Crippen LogP contribution in [0.25, 0.3) is 0 Å². The van der Waals surface area contributed by atoms with E-state index in [-0.39, 0.29) is 11.3 Å². The predicted molar refractivity (Wildman–Crippen MR) is 63.4 cm³/mol. The normalized spacial score (nSPS) is 25.4. The Morgan fingerprint density at radius 2 is 1.94 bits per heavy atom. The quantitative estimate of drug-likeness (QED) is 0.711. The van der Waals surface area contributed by atoms with E-state index in [4.69, 9.17) is 10.5 Å². The molecule has 1 amide bonds. The Hall–Kier alpha value is -0.650. The molecule has 5 nitrogen and oxygen atoms in total. The van der Waals surface area contributed by atoms with Gasteiger partial charge in [0.05, 0.1) is 11.0 Å². The summed E-state index contributed by atoms with van der Waals surface area (Å²) in [6.45, 7) is 1.94. The summed E-state index contributed by atoms with van der Waals surface area (Å²) in [7, 11) is 1.76. The van der Waals surface area contributed by atoms with Gasteiger partial charge in [-0.3, -0.25) is 4.79 Å². The molecule has 2 rings (SSSR count). The zero-order chi connectivity index (χ0) is 12.5. The third-order valence-electron chi connectivity index (χ3n) is 4.00. The van der Waals surface area contributed by atoms with Crippen LogP contribution in [0.4, 0.5) is 0 Å². The molecule has 1 saturated carbocycles. The molecule has 0 spiro atoms. The molecule has 0 bridgehead atoms. The minimum absolute atomic E-state index is 0.0833. The Bertz CT molecular complexity index is 296. The monoisotopic (exact) mass is 242 g/mol. The van der Waals surface area contributed by atoms with Gasteiger partial charge in [-0.1, -0.05) is 0 Å². The first-order valence-electron chi connectivity index (χ1n) is 6.27. The molecule has 1 heterocycles. The van der Waals surface area contributed by atoms with E-state index in [1.165, 1.54) is 0 Å². The van der Waals surface area contributed by atoms with Crippen LogP contribution in [0.1, 0.15) is 25.7 Å². The second-order valence-electron chi connectivity index (χ2n) is 5.48. The van der Waals surface area contributed by atoms with Gasteiger partial charge in [0, 0.05) is 46.2 Å². The van der Waals surface area contributed by atoms with E-state index in [2.05, 4.69) is 0 Å². The number of rotatable bonds is 4. The standard InChI is InChI=1S/C12H22N2O3/c1-14(10(15)11(8-13)2-3-11)9-12(16)4-6-17-7-5-12/h16H,2-9,13H2,1H3. The van der Waals surface area contributed by atoms with Crippen molar-refractivity contribution in [2.75, 3.05) is 33.4 Å². The fourth-order valence-corrected chi connectivity index (χ4v) is 2.48. The summed E-state index contributed by atoms with van der Waals surface area (Å²) in [4.78, 5) is 13.8. The average Bonchev–Trinajstić information content (AvgIpc) is 3.09. The van der Waals surface area contributed by atoms with Crippen molar-refractivity contribution in [1.29, 1.82) is 0 Å². The van der Waals surface area contributed by atoms with Gasteiger partial charge in [-0.25, -0.2) is 0 Å². The number of hydrogen-bond acceptors (Lipinski definition) is 4. The average molecular weight is 242 g/mol. The minimum atomic E-state index is -0.784. The molecule has 0 aromatic rings. The number of carbonyl (C=O) groups is 1. The number of hydrogen-bond donors (Lipinski definition) is 2. The van der Waals surface area contributed by atoms with Crippen LogP contribution in [-0.2, 0) is 9.53 Å². The van der Waals surface area contributed by atoms with E-state index in [1.54, 1.807) is 11.9 Å². The van der Waals surface area contributed by atoms with Crippen molar-refractivity contribution in [3.8, 4) is 0 Å². The van der Waals surface area contributed by atoms with Gasteiger partial charge in [0.1, 0.15) is 0 Å². The lowest BCUT2D eigenvalue weighted by molar-refractivity contribution is -0.141. The fourth-order valence-electron chi connectivity index (χ4n) is 2.48. The highest BCUT2D eigenvalue weighted by Gasteiger charge is 2.50. The SMILES string of the molecule is CN(CC1(O)CCOCC1)C(=O)C1(CN)CC1. The highest BCUT2D eigenvalue weighted by molar-refractivity contribution is 5.85. The van der Waals surface area contributed by atoms with Crippen molar-refractivity contribution in [2.45, 2.75) is 31.3 Å². The van der Waals surface area contributed by atoms with E-state index in [0.717, 1.165) is 12.8 Å². The molecule has 1 aliphatic carbocycles. The summed E-state index contributed by atoms with van der Waals surface area (Å²) in [5, 5.41) is 10.3. The van der Waals surface area contributed by atoms with Crippen LogP contribution in [0.2, 0.25) is 0 Å². The molecule has 17 heavy (non-hydrogen) atoms. The summed E-state index contributed by atoms with van der Waals surface area (Å²) < 4.78 is 5.22. The first-order valence-corrected chi connectivity index (χ1v) is 6.27. The molecular formula is C12H22N2O3. The van der Waals surface area contributed by atoms with Crippen LogP contribution in [0.3, 0.4) is 0 Å². The van der Waals surface area contributed by atoms with E-state index in [1.807, 2.05) is 0 Å². The molecule has 2 aliphatic rings. The summed E-state index contributed by atoms with van der Waals surface area (Å²) in [6.07, 6.45) is 2.96. The minimum Gasteiger partial charge on any atom is -0.388 e. The Balaban J connectivity index is 1.92. The molecule has 0 atom stereocenters. The molecule has 98 valence electrons. The van der Waals surface area contributed by atoms with Crippen molar-refractivity contribution < 1.29 is 14.6 Å². The molecule has 3 N–H and O–H groups in total. The van der Waals surface area contributed by atoms with Crippen molar-refractivity contribution in [2.24, 2.45) is 11.1 Å². The maximum atomic E-state index is 12.2. The van der Waals surface area contributed by atoms with Gasteiger partial charge in [0.15, 0.2) is 0 Å². The molecule has 0 radical (unpaired) electrons. The smallest absolute Gasteiger partial charge is 0.229 e. The lowest BCUT2D eigenvalue weighted by Gasteiger charge is -2.36. The molecule has 0 aromatic carbocycles. The van der Waals surface area contributed by atoms with E-state index < -0.39 is 5.60 Å². The van der Waals surface area contributed by atoms with E-state index in [9.17, 15) is 9.90 Å². The third kappa shape index (κ3) is 2.61. The number of amides is 1. The van der Waals surface area contributed by atoms with Crippen molar-refractivity contribution in [3.05, 3.63) is 0 Å². The summed E-state index contributed by atoms with van der Waals surface area (Å²) in [5.41, 5.74) is 4.54.